The lowest BCUT2D eigenvalue weighted by molar-refractivity contribution is -0.121. The Morgan fingerprint density at radius 2 is 2.23 bits per heavy atom. The van der Waals surface area contributed by atoms with E-state index in [1.165, 1.54) is 28.4 Å². The van der Waals surface area contributed by atoms with Gasteiger partial charge in [-0.15, -0.1) is 11.3 Å². The van der Waals surface area contributed by atoms with Crippen LogP contribution in [0.4, 0.5) is 0 Å². The maximum atomic E-state index is 12.6. The van der Waals surface area contributed by atoms with Gasteiger partial charge in [0.25, 0.3) is 11.5 Å². The van der Waals surface area contributed by atoms with Crippen molar-refractivity contribution in [1.29, 1.82) is 0 Å². The summed E-state index contributed by atoms with van der Waals surface area (Å²) in [6.45, 7) is 3.69. The van der Waals surface area contributed by atoms with Crippen molar-refractivity contribution in [2.45, 2.75) is 20.4 Å². The Labute approximate surface area is 154 Å². The summed E-state index contributed by atoms with van der Waals surface area (Å²) < 4.78 is 6.42. The van der Waals surface area contributed by atoms with E-state index in [-0.39, 0.29) is 12.1 Å². The first-order valence-electron chi connectivity index (χ1n) is 7.90. The monoisotopic (exact) mass is 370 g/mol. The van der Waals surface area contributed by atoms with Gasteiger partial charge in [-0.3, -0.25) is 14.2 Å². The van der Waals surface area contributed by atoms with E-state index in [1.807, 2.05) is 32.0 Å². The molecule has 0 unspecified atom stereocenters. The molecule has 0 spiro atoms. The molecule has 26 heavy (non-hydrogen) atoms. The molecule has 134 valence electrons. The fourth-order valence-corrected chi connectivity index (χ4v) is 3.46. The van der Waals surface area contributed by atoms with Crippen molar-refractivity contribution in [3.8, 4) is 5.75 Å². The average molecular weight is 370 g/mol. The highest BCUT2D eigenvalue weighted by Crippen LogP contribution is 2.25. The van der Waals surface area contributed by atoms with Crippen LogP contribution in [0.3, 0.4) is 0 Å². The number of rotatable bonds is 5. The van der Waals surface area contributed by atoms with Gasteiger partial charge in [0, 0.05) is 4.88 Å². The van der Waals surface area contributed by atoms with Gasteiger partial charge in [-0.25, -0.2) is 10.4 Å². The highest BCUT2D eigenvalue weighted by atomic mass is 32.1. The molecule has 0 atom stereocenters. The molecule has 0 aliphatic heterocycles. The van der Waals surface area contributed by atoms with Gasteiger partial charge in [0.2, 0.25) is 0 Å². The van der Waals surface area contributed by atoms with E-state index in [0.717, 1.165) is 16.0 Å². The topological polar surface area (TPSA) is 85.6 Å². The Morgan fingerprint density at radius 3 is 3.00 bits per heavy atom. The quantitative estimate of drug-likeness (QED) is 0.551. The Balaban J connectivity index is 1.71. The zero-order valence-electron chi connectivity index (χ0n) is 14.6. The van der Waals surface area contributed by atoms with Gasteiger partial charge in [0.15, 0.2) is 0 Å². The first-order valence-corrected chi connectivity index (χ1v) is 8.72. The van der Waals surface area contributed by atoms with E-state index < -0.39 is 5.91 Å². The van der Waals surface area contributed by atoms with E-state index >= 15 is 0 Å². The molecule has 0 aliphatic rings. The summed E-state index contributed by atoms with van der Waals surface area (Å²) in [4.78, 5) is 30.6. The summed E-state index contributed by atoms with van der Waals surface area (Å²) in [6, 6.07) is 7.27. The number of fused-ring (bicyclic) bond motifs is 1. The van der Waals surface area contributed by atoms with Crippen LogP contribution in [0.5, 0.6) is 5.75 Å². The molecule has 1 aromatic carbocycles. The number of hydrogen-bond donors (Lipinski definition) is 1. The second-order valence-electron chi connectivity index (χ2n) is 5.71. The van der Waals surface area contributed by atoms with Gasteiger partial charge in [-0.1, -0.05) is 12.1 Å². The van der Waals surface area contributed by atoms with Crippen LogP contribution in [0.1, 0.15) is 16.0 Å². The van der Waals surface area contributed by atoms with E-state index in [1.54, 1.807) is 13.2 Å². The second-order valence-corrected chi connectivity index (χ2v) is 6.91. The normalized spacial score (nSPS) is 11.2. The summed E-state index contributed by atoms with van der Waals surface area (Å²) >= 11 is 1.48. The van der Waals surface area contributed by atoms with Crippen molar-refractivity contribution in [3.63, 3.8) is 0 Å². The molecule has 2 aromatic heterocycles. The number of aryl methyl sites for hydroxylation is 2. The third kappa shape index (κ3) is 3.65. The van der Waals surface area contributed by atoms with Crippen molar-refractivity contribution < 1.29 is 9.53 Å². The lowest BCUT2D eigenvalue weighted by atomic mass is 10.2. The number of hydrazone groups is 1. The molecule has 3 aromatic rings. The number of amides is 1. The maximum Gasteiger partial charge on any atom is 0.262 e. The van der Waals surface area contributed by atoms with E-state index in [2.05, 4.69) is 15.5 Å². The molecular formula is C18H18N4O3S. The predicted molar refractivity (Wildman–Crippen MR) is 102 cm³/mol. The Hall–Kier alpha value is -3.00. The number of carbonyl (C=O) groups is 1. The number of hydrogen-bond acceptors (Lipinski definition) is 6. The highest BCUT2D eigenvalue weighted by Gasteiger charge is 2.13. The number of nitrogens with one attached hydrogen (secondary N) is 1. The maximum absolute atomic E-state index is 12.6. The van der Waals surface area contributed by atoms with Crippen molar-refractivity contribution >= 4 is 33.7 Å². The third-order valence-electron chi connectivity index (χ3n) is 3.97. The van der Waals surface area contributed by atoms with Gasteiger partial charge < -0.3 is 4.74 Å². The molecule has 0 fully saturated rings. The van der Waals surface area contributed by atoms with Gasteiger partial charge in [0.05, 0.1) is 25.0 Å². The first kappa shape index (κ1) is 17.8. The fourth-order valence-electron chi connectivity index (χ4n) is 2.47. The summed E-state index contributed by atoms with van der Waals surface area (Å²) in [5.41, 5.74) is 3.90. The van der Waals surface area contributed by atoms with Gasteiger partial charge in [0.1, 0.15) is 17.1 Å². The Bertz CT molecular complexity index is 1050. The molecule has 0 radical (unpaired) electrons. The molecule has 0 aliphatic carbocycles. The lowest BCUT2D eigenvalue weighted by Gasteiger charge is -2.04. The predicted octanol–water partition coefficient (Wildman–Crippen LogP) is 2.23. The average Bonchev–Trinajstić information content (AvgIpc) is 2.92. The molecule has 0 bridgehead atoms. The number of aromatic nitrogens is 2. The summed E-state index contributed by atoms with van der Waals surface area (Å²) in [5, 5.41) is 4.48. The van der Waals surface area contributed by atoms with E-state index in [0.29, 0.717) is 16.0 Å². The molecule has 0 saturated heterocycles. The first-order chi connectivity index (χ1) is 12.5. The van der Waals surface area contributed by atoms with Crippen molar-refractivity contribution in [3.05, 3.63) is 57.0 Å². The zero-order chi connectivity index (χ0) is 18.7. The standard InChI is InChI=1S/C18H18N4O3S/c1-11-12(2)26-17-16(11)18(24)22(10-19-17)9-15(23)21-20-8-13-5-4-6-14(7-13)25-3/h4-8,10H,9H2,1-3H3,(H,21,23)/b20-8+. The van der Waals surface area contributed by atoms with Crippen LogP contribution in [-0.2, 0) is 11.3 Å². The molecular weight excluding hydrogens is 352 g/mol. The zero-order valence-corrected chi connectivity index (χ0v) is 15.5. The van der Waals surface area contributed by atoms with Crippen LogP contribution in [-0.4, -0.2) is 28.8 Å². The van der Waals surface area contributed by atoms with E-state index in [9.17, 15) is 9.59 Å². The van der Waals surface area contributed by atoms with Gasteiger partial charge in [-0.2, -0.15) is 5.10 Å². The lowest BCUT2D eigenvalue weighted by Crippen LogP contribution is -2.30. The minimum absolute atomic E-state index is 0.147. The largest absolute Gasteiger partial charge is 0.497 e. The SMILES string of the molecule is COc1cccc(/C=N/NC(=O)Cn2cnc3sc(C)c(C)c3c2=O)c1. The molecule has 0 saturated carbocycles. The van der Waals surface area contributed by atoms with E-state index in [4.69, 9.17) is 4.74 Å². The molecule has 3 rings (SSSR count). The summed E-state index contributed by atoms with van der Waals surface area (Å²) in [6.07, 6.45) is 2.91. The summed E-state index contributed by atoms with van der Waals surface area (Å²) in [5.74, 6) is 0.296. The molecule has 7 nitrogen and oxygen atoms in total. The van der Waals surface area contributed by atoms with Crippen LogP contribution >= 0.6 is 11.3 Å². The highest BCUT2D eigenvalue weighted by molar-refractivity contribution is 7.18. The molecule has 2 heterocycles. The van der Waals surface area contributed by atoms with Crippen LogP contribution in [0, 0.1) is 13.8 Å². The van der Waals surface area contributed by atoms with Crippen LogP contribution in [0.2, 0.25) is 0 Å². The van der Waals surface area contributed by atoms with Crippen molar-refractivity contribution in [2.24, 2.45) is 5.10 Å². The number of thiophene rings is 1. The second kappa shape index (κ2) is 7.49. The van der Waals surface area contributed by atoms with Crippen LogP contribution in [0.25, 0.3) is 10.2 Å². The number of ether oxygens (including phenoxy) is 1. The molecule has 1 N–H and O–H groups in total. The Kier molecular flexibility index (Phi) is 5.13. The van der Waals surface area contributed by atoms with Crippen LogP contribution in [0.15, 0.2) is 40.5 Å². The molecule has 1 amide bonds. The van der Waals surface area contributed by atoms with Crippen molar-refractivity contribution in [2.75, 3.05) is 7.11 Å². The Morgan fingerprint density at radius 1 is 1.42 bits per heavy atom. The van der Waals surface area contributed by atoms with Gasteiger partial charge in [-0.05, 0) is 37.1 Å². The number of benzene rings is 1. The summed E-state index contributed by atoms with van der Waals surface area (Å²) in [7, 11) is 1.58. The van der Waals surface area contributed by atoms with Crippen LogP contribution < -0.4 is 15.7 Å². The fraction of sp³-hybridized carbons (Fsp3) is 0.222. The smallest absolute Gasteiger partial charge is 0.262 e. The van der Waals surface area contributed by atoms with Crippen molar-refractivity contribution in [1.82, 2.24) is 15.0 Å². The van der Waals surface area contributed by atoms with Gasteiger partial charge >= 0.3 is 0 Å². The minimum atomic E-state index is -0.406. The number of methoxy groups -OCH3 is 1. The minimum Gasteiger partial charge on any atom is -0.497 e. The number of carbonyl (C=O) groups excluding carboxylic acids is 1. The number of nitrogens with zero attached hydrogens (tertiary/aromatic N) is 3. The molecule has 8 heteroatoms. The third-order valence-corrected chi connectivity index (χ3v) is 5.08.